The molecule has 0 bridgehead atoms. The molecule has 43 heavy (non-hydrogen) atoms. The summed E-state index contributed by atoms with van der Waals surface area (Å²) in [6, 6.07) is 0.891. The summed E-state index contributed by atoms with van der Waals surface area (Å²) in [5.41, 5.74) is 11.1. The van der Waals surface area contributed by atoms with Gasteiger partial charge in [0.25, 0.3) is 0 Å². The quantitative estimate of drug-likeness (QED) is 0.0593. The summed E-state index contributed by atoms with van der Waals surface area (Å²) in [5.74, 6) is 0. The second-order valence-corrected chi connectivity index (χ2v) is 14.2. The average molecular weight is 675 g/mol. The zero-order valence-corrected chi connectivity index (χ0v) is 31.7. The topological polar surface area (TPSA) is 56.5 Å². The van der Waals surface area contributed by atoms with Gasteiger partial charge in [-0.15, -0.1) is 0 Å². The summed E-state index contributed by atoms with van der Waals surface area (Å²) < 4.78 is 0. The van der Waals surface area contributed by atoms with Gasteiger partial charge in [0.2, 0.25) is 0 Å². The molecule has 0 amide bonds. The Balaban J connectivity index is 0. The molecule has 0 aromatic rings. The Morgan fingerprint density at radius 2 is 0.465 bits per heavy atom. The molecule has 0 saturated heterocycles. The molecule has 0 aliphatic heterocycles. The molecule has 0 fully saturated rings. The maximum Gasteiger partial charge on any atom is 0.0870 e. The highest BCUT2D eigenvalue weighted by Crippen LogP contribution is 2.17. The van der Waals surface area contributed by atoms with Crippen molar-refractivity contribution in [1.82, 2.24) is 0 Å². The number of rotatable bonds is 37. The maximum absolute atomic E-state index is 5.56. The van der Waals surface area contributed by atoms with Crippen molar-refractivity contribution in [2.24, 2.45) is 11.5 Å². The molecule has 0 rings (SSSR count). The van der Waals surface area contributed by atoms with E-state index in [1.165, 1.54) is 218 Å². The third-order valence-corrected chi connectivity index (χ3v) is 9.83. The molecule has 0 unspecified atom stereocenters. The lowest BCUT2D eigenvalue weighted by Gasteiger charge is -2.21. The van der Waals surface area contributed by atoms with Crippen LogP contribution in [0.5, 0.6) is 0 Å². The van der Waals surface area contributed by atoms with E-state index in [0.717, 1.165) is 19.1 Å². The minimum atomic E-state index is 0. The first-order valence-corrected chi connectivity index (χ1v) is 19.9. The Morgan fingerprint density at radius 3 is 0.628 bits per heavy atom. The molecule has 0 radical (unpaired) electrons. The van der Waals surface area contributed by atoms with Gasteiger partial charge in [-0.1, -0.05) is 180 Å². The lowest BCUT2D eigenvalue weighted by Crippen LogP contribution is -3.10. The fourth-order valence-electron chi connectivity index (χ4n) is 6.74. The molecule has 0 atom stereocenters. The maximum atomic E-state index is 5.56. The van der Waals surface area contributed by atoms with E-state index in [9.17, 15) is 0 Å². The highest BCUT2D eigenvalue weighted by atomic mass is 79.9. The van der Waals surface area contributed by atoms with Gasteiger partial charge in [0.1, 0.15) is 0 Å². The van der Waals surface area contributed by atoms with Crippen LogP contribution in [0.15, 0.2) is 0 Å². The fourth-order valence-corrected chi connectivity index (χ4v) is 6.74. The Kier molecular flexibility index (Phi) is 42.7. The van der Waals surface area contributed by atoms with Crippen molar-refractivity contribution in [3.8, 4) is 0 Å². The van der Waals surface area contributed by atoms with E-state index in [-0.39, 0.29) is 17.0 Å². The van der Waals surface area contributed by atoms with E-state index in [4.69, 9.17) is 11.5 Å². The Bertz CT molecular complexity index is 435. The van der Waals surface area contributed by atoms with E-state index in [1.54, 1.807) is 4.90 Å². The first-order valence-electron chi connectivity index (χ1n) is 19.9. The van der Waals surface area contributed by atoms with Crippen LogP contribution in [0.25, 0.3) is 0 Å². The lowest BCUT2D eigenvalue weighted by molar-refractivity contribution is -0.886. The van der Waals surface area contributed by atoms with Crippen LogP contribution in [0.2, 0.25) is 0 Å². The van der Waals surface area contributed by atoms with Gasteiger partial charge in [-0.05, 0) is 51.6 Å². The Hall–Kier alpha value is 0.360. The third-order valence-electron chi connectivity index (χ3n) is 9.83. The summed E-state index contributed by atoms with van der Waals surface area (Å²) in [6.07, 6.45) is 48.8. The summed E-state index contributed by atoms with van der Waals surface area (Å²) in [5, 5.41) is 0. The molecule has 0 spiro atoms. The number of quaternary nitrogens is 1. The van der Waals surface area contributed by atoms with Crippen LogP contribution < -0.4 is 33.3 Å². The van der Waals surface area contributed by atoms with Gasteiger partial charge in [0.05, 0.1) is 20.1 Å². The number of unbranched alkanes of at least 4 members (excludes halogenated alkanes) is 30. The van der Waals surface area contributed by atoms with Crippen molar-refractivity contribution >= 4 is 0 Å². The predicted molar refractivity (Wildman–Crippen MR) is 192 cm³/mol. The smallest absolute Gasteiger partial charge is 0.0870 e. The predicted octanol–water partition coefficient (Wildman–Crippen LogP) is 7.68. The van der Waals surface area contributed by atoms with Crippen LogP contribution in [0, 0.1) is 0 Å². The highest BCUT2D eigenvalue weighted by molar-refractivity contribution is 4.59. The summed E-state index contributed by atoms with van der Waals surface area (Å²) in [6.45, 7) is 1.74. The molecule has 4 heteroatoms. The van der Waals surface area contributed by atoms with E-state index in [2.05, 4.69) is 14.1 Å². The summed E-state index contributed by atoms with van der Waals surface area (Å²) >= 11 is 0. The largest absolute Gasteiger partial charge is 1.00 e. The van der Waals surface area contributed by atoms with Gasteiger partial charge in [-0.2, -0.15) is 0 Å². The molecular weight excluding hydrogens is 590 g/mol. The van der Waals surface area contributed by atoms with Gasteiger partial charge >= 0.3 is 0 Å². The van der Waals surface area contributed by atoms with Crippen LogP contribution in [0.3, 0.4) is 0 Å². The first kappa shape index (κ1) is 45.5. The molecule has 0 aliphatic carbocycles. The lowest BCUT2D eigenvalue weighted by atomic mass is 9.99. The monoisotopic (exact) mass is 674 g/mol. The number of hydrogen-bond donors (Lipinski definition) is 3. The van der Waals surface area contributed by atoms with E-state index < -0.39 is 0 Å². The molecule has 0 aromatic heterocycles. The highest BCUT2D eigenvalue weighted by Gasteiger charge is 2.13. The summed E-state index contributed by atoms with van der Waals surface area (Å²) in [7, 11) is 4.77. The van der Waals surface area contributed by atoms with Crippen LogP contribution in [-0.4, -0.2) is 33.2 Å². The van der Waals surface area contributed by atoms with Crippen molar-refractivity contribution in [2.75, 3.05) is 27.2 Å². The van der Waals surface area contributed by atoms with E-state index in [1.807, 2.05) is 0 Å². The van der Waals surface area contributed by atoms with Crippen LogP contribution in [0.4, 0.5) is 0 Å². The molecule has 5 N–H and O–H groups in total. The average Bonchev–Trinajstić information content (AvgIpc) is 2.99. The standard InChI is InChI=1S/C39H83N3.BrH/c1-42(2)39(35-31-27-23-19-15-11-7-3-5-9-13-17-21-25-29-33-37-40)36-32-28-24-20-16-12-8-4-6-10-14-18-22-26-30-34-38-41;/h39H,3-38,40-41H2,1-2H3;1H. The van der Waals surface area contributed by atoms with Crippen molar-refractivity contribution in [1.29, 1.82) is 0 Å². The minimum Gasteiger partial charge on any atom is -1.00 e. The zero-order chi connectivity index (χ0) is 30.6. The SMILES string of the molecule is C[NH+](C)C(CCCCCCCCCCCCCCCCCCN)CCCCCCCCCCCCCCCCCCN.[Br-]. The molecule has 3 nitrogen and oxygen atoms in total. The van der Waals surface area contributed by atoms with E-state index in [0.29, 0.717) is 0 Å². The minimum absolute atomic E-state index is 0. The van der Waals surface area contributed by atoms with E-state index >= 15 is 0 Å². The van der Waals surface area contributed by atoms with Gasteiger partial charge in [0, 0.05) is 0 Å². The van der Waals surface area contributed by atoms with Gasteiger partial charge in [-0.3, -0.25) is 0 Å². The summed E-state index contributed by atoms with van der Waals surface area (Å²) in [4.78, 5) is 1.69. The Labute approximate surface area is 284 Å². The van der Waals surface area contributed by atoms with Gasteiger partial charge < -0.3 is 33.3 Å². The molecule has 0 heterocycles. The third kappa shape index (κ3) is 38.5. The fraction of sp³-hybridized carbons (Fsp3) is 1.00. The number of halogens is 1. The van der Waals surface area contributed by atoms with Crippen molar-refractivity contribution < 1.29 is 21.9 Å². The van der Waals surface area contributed by atoms with Crippen molar-refractivity contribution in [3.63, 3.8) is 0 Å². The van der Waals surface area contributed by atoms with Gasteiger partial charge in [0.15, 0.2) is 0 Å². The molecule has 0 saturated carbocycles. The van der Waals surface area contributed by atoms with Crippen molar-refractivity contribution in [2.45, 2.75) is 224 Å². The van der Waals surface area contributed by atoms with Crippen molar-refractivity contribution in [3.05, 3.63) is 0 Å². The Morgan fingerprint density at radius 1 is 0.302 bits per heavy atom. The molecule has 0 aliphatic rings. The first-order chi connectivity index (χ1) is 20.7. The van der Waals surface area contributed by atoms with Gasteiger partial charge in [-0.25, -0.2) is 0 Å². The molecular formula is C39H84BrN3. The van der Waals surface area contributed by atoms with Crippen LogP contribution >= 0.6 is 0 Å². The zero-order valence-electron chi connectivity index (χ0n) is 30.1. The number of nitrogens with one attached hydrogen (secondary N) is 1. The second-order valence-electron chi connectivity index (χ2n) is 14.2. The normalized spacial score (nSPS) is 11.6. The molecule has 262 valence electrons. The molecule has 0 aromatic carbocycles. The van der Waals surface area contributed by atoms with Crippen LogP contribution in [-0.2, 0) is 0 Å². The van der Waals surface area contributed by atoms with Crippen LogP contribution in [0.1, 0.15) is 218 Å². The second kappa shape index (κ2) is 40.4. The number of nitrogens with two attached hydrogens (primary N) is 2. The number of hydrogen-bond acceptors (Lipinski definition) is 2.